The predicted molar refractivity (Wildman–Crippen MR) is 92.0 cm³/mol. The summed E-state index contributed by atoms with van der Waals surface area (Å²) in [7, 11) is 0. The monoisotopic (exact) mass is 360 g/mol. The van der Waals surface area contributed by atoms with Crippen molar-refractivity contribution in [3.8, 4) is 17.2 Å². The van der Waals surface area contributed by atoms with Crippen LogP contribution >= 0.6 is 15.9 Å². The van der Waals surface area contributed by atoms with Gasteiger partial charge >= 0.3 is 0 Å². The van der Waals surface area contributed by atoms with Crippen LogP contribution in [0.25, 0.3) is 0 Å². The minimum Gasteiger partial charge on any atom is -0.508 e. The van der Waals surface area contributed by atoms with Crippen molar-refractivity contribution in [2.45, 2.75) is 0 Å². The van der Waals surface area contributed by atoms with Gasteiger partial charge in [0.25, 0.3) is 0 Å². The number of hydrogen-bond acceptors (Lipinski definition) is 3. The summed E-state index contributed by atoms with van der Waals surface area (Å²) in [4.78, 5) is 0. The van der Waals surface area contributed by atoms with Gasteiger partial charge in [0.15, 0.2) is 0 Å². The summed E-state index contributed by atoms with van der Waals surface area (Å²) in [6, 6.07) is 24.3. The molecule has 0 saturated carbocycles. The van der Waals surface area contributed by atoms with E-state index < -0.39 is 0 Å². The number of benzene rings is 3. The van der Waals surface area contributed by atoms with Gasteiger partial charge in [-0.2, -0.15) is 0 Å². The van der Waals surface area contributed by atoms with Crippen LogP contribution in [0, 0.1) is 0 Å². The smallest absolute Gasteiger partial charge is 0.115 e. The van der Waals surface area contributed by atoms with Gasteiger partial charge in [-0.25, -0.2) is 0 Å². The Morgan fingerprint density at radius 3 is 1.00 bits per heavy atom. The first-order valence-corrected chi connectivity index (χ1v) is 7.30. The summed E-state index contributed by atoms with van der Waals surface area (Å²) in [6.45, 7) is 0. The molecular formula is C18H17BrO3. The summed E-state index contributed by atoms with van der Waals surface area (Å²) in [5, 5.41) is 26.0. The molecule has 3 N–H and O–H groups in total. The van der Waals surface area contributed by atoms with E-state index >= 15 is 0 Å². The standard InChI is InChI=1S/C6H5BrO.2C6H6O/c7-5-1-3-6(8)4-2-5;2*7-6-4-2-1-3-5-6/h1-4,8H;2*1-5,7H. The van der Waals surface area contributed by atoms with E-state index in [0.717, 1.165) is 4.47 Å². The highest BCUT2D eigenvalue weighted by Crippen LogP contribution is 2.13. The molecule has 114 valence electrons. The SMILES string of the molecule is Oc1ccc(Br)cc1.Oc1ccccc1.Oc1ccccc1. The lowest BCUT2D eigenvalue weighted by Gasteiger charge is -1.87. The van der Waals surface area contributed by atoms with Crippen LogP contribution in [0.2, 0.25) is 0 Å². The molecule has 0 spiro atoms. The molecule has 0 heterocycles. The topological polar surface area (TPSA) is 60.7 Å². The lowest BCUT2D eigenvalue weighted by molar-refractivity contribution is 0.474. The molecule has 3 nitrogen and oxygen atoms in total. The first-order valence-electron chi connectivity index (χ1n) is 6.50. The normalized spacial score (nSPS) is 8.77. The molecule has 0 bridgehead atoms. The minimum absolute atomic E-state index is 0.299. The Hall–Kier alpha value is -2.46. The average Bonchev–Trinajstić information content (AvgIpc) is 2.53. The van der Waals surface area contributed by atoms with Crippen molar-refractivity contribution in [1.29, 1.82) is 0 Å². The molecule has 0 aliphatic heterocycles. The maximum atomic E-state index is 8.74. The maximum Gasteiger partial charge on any atom is 0.115 e. The van der Waals surface area contributed by atoms with E-state index in [1.807, 2.05) is 12.1 Å². The molecule has 0 radical (unpaired) electrons. The number of para-hydroxylation sites is 2. The molecule has 0 aromatic heterocycles. The van der Waals surface area contributed by atoms with Crippen molar-refractivity contribution in [3.63, 3.8) is 0 Å². The molecule has 3 aromatic carbocycles. The van der Waals surface area contributed by atoms with E-state index in [2.05, 4.69) is 15.9 Å². The van der Waals surface area contributed by atoms with E-state index in [4.69, 9.17) is 15.3 Å². The Labute approximate surface area is 138 Å². The molecule has 22 heavy (non-hydrogen) atoms. The molecule has 0 amide bonds. The third kappa shape index (κ3) is 8.66. The molecule has 0 saturated heterocycles. The van der Waals surface area contributed by atoms with Gasteiger partial charge in [0.2, 0.25) is 0 Å². The van der Waals surface area contributed by atoms with Crippen LogP contribution in [0.1, 0.15) is 0 Å². The fourth-order valence-corrected chi connectivity index (χ4v) is 1.56. The highest BCUT2D eigenvalue weighted by atomic mass is 79.9. The van der Waals surface area contributed by atoms with E-state index in [9.17, 15) is 0 Å². The van der Waals surface area contributed by atoms with E-state index in [1.165, 1.54) is 0 Å². The second-order valence-electron chi connectivity index (χ2n) is 4.15. The van der Waals surface area contributed by atoms with Crippen molar-refractivity contribution in [3.05, 3.63) is 89.4 Å². The molecule has 0 unspecified atom stereocenters. The van der Waals surface area contributed by atoms with E-state index in [1.54, 1.807) is 72.8 Å². The average molecular weight is 361 g/mol. The summed E-state index contributed by atoms with van der Waals surface area (Å²) in [5.41, 5.74) is 0. The van der Waals surface area contributed by atoms with Gasteiger partial charge in [-0.05, 0) is 48.5 Å². The third-order valence-electron chi connectivity index (χ3n) is 2.34. The summed E-state index contributed by atoms with van der Waals surface area (Å²) >= 11 is 3.23. The Kier molecular flexibility index (Phi) is 8.23. The van der Waals surface area contributed by atoms with Crippen LogP contribution in [0.3, 0.4) is 0 Å². The van der Waals surface area contributed by atoms with Crippen molar-refractivity contribution in [1.82, 2.24) is 0 Å². The maximum absolute atomic E-state index is 8.74. The number of phenols is 3. The van der Waals surface area contributed by atoms with Crippen LogP contribution in [0.4, 0.5) is 0 Å². The Bertz CT molecular complexity index is 567. The largest absolute Gasteiger partial charge is 0.508 e. The van der Waals surface area contributed by atoms with Gasteiger partial charge < -0.3 is 15.3 Å². The molecule has 0 aliphatic rings. The lowest BCUT2D eigenvalue weighted by Crippen LogP contribution is -1.61. The van der Waals surface area contributed by atoms with Crippen LogP contribution in [-0.4, -0.2) is 15.3 Å². The second-order valence-corrected chi connectivity index (χ2v) is 5.06. The fourth-order valence-electron chi connectivity index (χ4n) is 1.30. The van der Waals surface area contributed by atoms with Crippen LogP contribution in [-0.2, 0) is 0 Å². The Morgan fingerprint density at radius 2 is 0.773 bits per heavy atom. The zero-order chi connectivity index (χ0) is 16.2. The van der Waals surface area contributed by atoms with Gasteiger partial charge in [-0.3, -0.25) is 0 Å². The van der Waals surface area contributed by atoms with Crippen molar-refractivity contribution in [2.24, 2.45) is 0 Å². The zero-order valence-corrected chi connectivity index (χ0v) is 13.4. The third-order valence-corrected chi connectivity index (χ3v) is 2.87. The molecule has 0 fully saturated rings. The lowest BCUT2D eigenvalue weighted by atomic mass is 10.3. The number of halogens is 1. The van der Waals surface area contributed by atoms with Gasteiger partial charge in [0, 0.05) is 4.47 Å². The van der Waals surface area contributed by atoms with Crippen LogP contribution in [0.5, 0.6) is 17.2 Å². The summed E-state index contributed by atoms with van der Waals surface area (Å²) in [6.07, 6.45) is 0. The first-order chi connectivity index (χ1) is 10.6. The predicted octanol–water partition coefficient (Wildman–Crippen LogP) is 4.94. The minimum atomic E-state index is 0.299. The summed E-state index contributed by atoms with van der Waals surface area (Å²) in [5.74, 6) is 0.943. The molecule has 3 aromatic rings. The molecule has 0 atom stereocenters. The Morgan fingerprint density at radius 1 is 0.455 bits per heavy atom. The number of rotatable bonds is 0. The van der Waals surface area contributed by atoms with Gasteiger partial charge in [-0.1, -0.05) is 52.3 Å². The first kappa shape index (κ1) is 17.6. The van der Waals surface area contributed by atoms with Gasteiger partial charge in [-0.15, -0.1) is 0 Å². The number of aromatic hydroxyl groups is 3. The van der Waals surface area contributed by atoms with Gasteiger partial charge in [0.05, 0.1) is 0 Å². The quantitative estimate of drug-likeness (QED) is 0.532. The molecule has 4 heteroatoms. The fraction of sp³-hybridized carbons (Fsp3) is 0. The zero-order valence-electron chi connectivity index (χ0n) is 11.8. The molecular weight excluding hydrogens is 344 g/mol. The van der Waals surface area contributed by atoms with Crippen molar-refractivity contribution < 1.29 is 15.3 Å². The van der Waals surface area contributed by atoms with Gasteiger partial charge in [0.1, 0.15) is 17.2 Å². The van der Waals surface area contributed by atoms with E-state index in [-0.39, 0.29) is 0 Å². The Balaban J connectivity index is 0.000000166. The highest BCUT2D eigenvalue weighted by molar-refractivity contribution is 9.10. The summed E-state index contributed by atoms with van der Waals surface area (Å²) < 4.78 is 0.982. The van der Waals surface area contributed by atoms with Crippen LogP contribution in [0.15, 0.2) is 89.4 Å². The van der Waals surface area contributed by atoms with Crippen molar-refractivity contribution >= 4 is 15.9 Å². The van der Waals surface area contributed by atoms with Crippen LogP contribution < -0.4 is 0 Å². The second kappa shape index (κ2) is 10.3. The number of phenolic OH excluding ortho intramolecular Hbond substituents is 3. The molecule has 3 rings (SSSR count). The molecule has 0 aliphatic carbocycles. The number of hydrogen-bond donors (Lipinski definition) is 3. The van der Waals surface area contributed by atoms with E-state index in [0.29, 0.717) is 17.2 Å². The highest BCUT2D eigenvalue weighted by Gasteiger charge is 1.83. The van der Waals surface area contributed by atoms with Crippen molar-refractivity contribution in [2.75, 3.05) is 0 Å².